The number of hydrogen-bond acceptors (Lipinski definition) is 4. The molecule has 26 heavy (non-hydrogen) atoms. The number of carbonyl (C=O) groups is 2. The zero-order valence-corrected chi connectivity index (χ0v) is 15.1. The first-order valence-corrected chi connectivity index (χ1v) is 9.54. The van der Waals surface area contributed by atoms with Gasteiger partial charge in [-0.05, 0) is 37.1 Å². The lowest BCUT2D eigenvalue weighted by atomic mass is 10.1. The van der Waals surface area contributed by atoms with Gasteiger partial charge in [-0.3, -0.25) is 9.59 Å². The fourth-order valence-electron chi connectivity index (χ4n) is 3.13. The maximum Gasteiger partial charge on any atom is 0.243 e. The number of amides is 2. The van der Waals surface area contributed by atoms with E-state index >= 15 is 0 Å². The van der Waals surface area contributed by atoms with Crippen LogP contribution in [0.5, 0.6) is 0 Å². The van der Waals surface area contributed by atoms with Crippen LogP contribution in [0.2, 0.25) is 0 Å². The lowest BCUT2D eigenvalue weighted by Crippen LogP contribution is -2.40. The Labute approximate surface area is 155 Å². The van der Waals surface area contributed by atoms with Gasteiger partial charge in [0, 0.05) is 24.2 Å². The molecule has 0 bridgehead atoms. The van der Waals surface area contributed by atoms with E-state index in [1.54, 1.807) is 16.2 Å². The number of para-hydroxylation sites is 1. The fraction of sp³-hybridized carbons (Fsp3) is 0.250. The van der Waals surface area contributed by atoms with Crippen LogP contribution in [-0.2, 0) is 9.59 Å². The molecule has 1 aliphatic heterocycles. The van der Waals surface area contributed by atoms with E-state index in [4.69, 9.17) is 0 Å². The predicted molar refractivity (Wildman–Crippen MR) is 104 cm³/mol. The minimum absolute atomic E-state index is 0.0645. The third-order valence-corrected chi connectivity index (χ3v) is 5.53. The molecular weight excluding hydrogens is 346 g/mol. The molecule has 0 unspecified atom stereocenters. The zero-order chi connectivity index (χ0) is 17.9. The summed E-state index contributed by atoms with van der Waals surface area (Å²) in [5.41, 5.74) is 2.67. The Hall–Kier alpha value is -2.73. The number of rotatable bonds is 4. The van der Waals surface area contributed by atoms with E-state index in [1.165, 1.54) is 0 Å². The largest absolute Gasteiger partial charge is 0.333 e. The van der Waals surface area contributed by atoms with E-state index in [1.807, 2.05) is 42.5 Å². The number of nitrogens with zero attached hydrogens (tertiary/aromatic N) is 2. The van der Waals surface area contributed by atoms with Crippen molar-refractivity contribution in [1.82, 2.24) is 9.88 Å². The van der Waals surface area contributed by atoms with Crippen LogP contribution in [-0.4, -0.2) is 34.8 Å². The first kappa shape index (κ1) is 16.7. The van der Waals surface area contributed by atoms with E-state index in [0.29, 0.717) is 13.0 Å². The Morgan fingerprint density at radius 3 is 2.88 bits per heavy atom. The molecule has 1 aromatic heterocycles. The molecule has 5 nitrogen and oxygen atoms in total. The van der Waals surface area contributed by atoms with Gasteiger partial charge in [0.1, 0.15) is 5.01 Å². The van der Waals surface area contributed by atoms with Gasteiger partial charge in [-0.15, -0.1) is 11.3 Å². The van der Waals surface area contributed by atoms with Gasteiger partial charge >= 0.3 is 0 Å². The van der Waals surface area contributed by atoms with Crippen molar-refractivity contribution in [3.05, 3.63) is 48.5 Å². The van der Waals surface area contributed by atoms with Crippen LogP contribution in [0.15, 0.2) is 48.5 Å². The highest BCUT2D eigenvalue weighted by Crippen LogP contribution is 2.31. The third kappa shape index (κ3) is 3.60. The second-order valence-corrected chi connectivity index (χ2v) is 7.42. The molecule has 1 fully saturated rings. The molecule has 0 aliphatic carbocycles. The Kier molecular flexibility index (Phi) is 4.67. The number of fused-ring (bicyclic) bond motifs is 1. The minimum Gasteiger partial charge on any atom is -0.333 e. The summed E-state index contributed by atoms with van der Waals surface area (Å²) in [6.45, 7) is 0.780. The molecule has 1 saturated heterocycles. The first-order valence-electron chi connectivity index (χ1n) is 8.73. The van der Waals surface area contributed by atoms with Gasteiger partial charge in [-0.1, -0.05) is 24.3 Å². The average molecular weight is 365 g/mol. The lowest BCUT2D eigenvalue weighted by Gasteiger charge is -2.25. The van der Waals surface area contributed by atoms with Gasteiger partial charge in [0.15, 0.2) is 0 Å². The van der Waals surface area contributed by atoms with Crippen molar-refractivity contribution >= 4 is 39.1 Å². The van der Waals surface area contributed by atoms with E-state index < -0.39 is 0 Å². The maximum absolute atomic E-state index is 12.3. The Morgan fingerprint density at radius 1 is 1.15 bits per heavy atom. The molecule has 2 aromatic carbocycles. The Bertz CT molecular complexity index is 933. The Balaban J connectivity index is 1.48. The summed E-state index contributed by atoms with van der Waals surface area (Å²) >= 11 is 1.63. The van der Waals surface area contributed by atoms with Crippen molar-refractivity contribution in [1.29, 1.82) is 0 Å². The zero-order valence-electron chi connectivity index (χ0n) is 14.3. The molecule has 3 aromatic rings. The molecule has 6 heteroatoms. The molecule has 4 rings (SSSR count). The molecule has 1 N–H and O–H groups in total. The smallest absolute Gasteiger partial charge is 0.243 e. The highest BCUT2D eigenvalue weighted by atomic mass is 32.1. The van der Waals surface area contributed by atoms with Crippen molar-refractivity contribution in [3.8, 4) is 10.6 Å². The summed E-state index contributed by atoms with van der Waals surface area (Å²) in [7, 11) is 0. The van der Waals surface area contributed by atoms with Crippen LogP contribution in [0, 0.1) is 0 Å². The number of nitrogens with one attached hydrogen (secondary N) is 1. The van der Waals surface area contributed by atoms with Crippen molar-refractivity contribution in [3.63, 3.8) is 0 Å². The summed E-state index contributed by atoms with van der Waals surface area (Å²) in [4.78, 5) is 30.4. The van der Waals surface area contributed by atoms with E-state index in [0.717, 1.165) is 39.3 Å². The van der Waals surface area contributed by atoms with Crippen LogP contribution in [0.4, 0.5) is 5.69 Å². The van der Waals surface area contributed by atoms with Crippen LogP contribution < -0.4 is 5.32 Å². The normalized spacial score (nSPS) is 14.6. The first-order chi connectivity index (χ1) is 12.7. The molecule has 132 valence electrons. The number of benzene rings is 2. The van der Waals surface area contributed by atoms with Crippen molar-refractivity contribution in [2.24, 2.45) is 0 Å². The van der Waals surface area contributed by atoms with Gasteiger partial charge in [0.05, 0.1) is 16.8 Å². The average Bonchev–Trinajstić information content (AvgIpc) is 3.08. The van der Waals surface area contributed by atoms with Crippen molar-refractivity contribution in [2.75, 3.05) is 18.4 Å². The molecule has 0 saturated carbocycles. The van der Waals surface area contributed by atoms with Crippen LogP contribution in [0.3, 0.4) is 0 Å². The van der Waals surface area contributed by atoms with Crippen LogP contribution in [0.1, 0.15) is 19.3 Å². The summed E-state index contributed by atoms with van der Waals surface area (Å²) in [5, 5.41) is 3.82. The third-order valence-electron chi connectivity index (χ3n) is 4.44. The number of likely N-dealkylation sites (tertiary alicyclic amines) is 1. The summed E-state index contributed by atoms with van der Waals surface area (Å²) in [6, 6.07) is 15.7. The quantitative estimate of drug-likeness (QED) is 0.762. The molecule has 0 atom stereocenters. The Morgan fingerprint density at radius 2 is 2.04 bits per heavy atom. The number of anilines is 1. The predicted octanol–water partition coefficient (Wildman–Crippen LogP) is 3.91. The molecule has 2 amide bonds. The summed E-state index contributed by atoms with van der Waals surface area (Å²) in [5.74, 6) is -0.101. The lowest BCUT2D eigenvalue weighted by molar-refractivity contribution is -0.136. The van der Waals surface area contributed by atoms with Gasteiger partial charge in [0.25, 0.3) is 0 Å². The second-order valence-electron chi connectivity index (χ2n) is 6.39. The van der Waals surface area contributed by atoms with Gasteiger partial charge in [0.2, 0.25) is 11.8 Å². The molecule has 1 aliphatic rings. The van der Waals surface area contributed by atoms with E-state index in [9.17, 15) is 9.59 Å². The number of hydrogen-bond donors (Lipinski definition) is 1. The van der Waals surface area contributed by atoms with Gasteiger partial charge in [-0.25, -0.2) is 4.98 Å². The number of piperidine rings is 1. The second kappa shape index (κ2) is 7.25. The highest BCUT2D eigenvalue weighted by Gasteiger charge is 2.20. The van der Waals surface area contributed by atoms with Gasteiger partial charge < -0.3 is 10.2 Å². The number of aromatic nitrogens is 1. The van der Waals surface area contributed by atoms with Crippen LogP contribution >= 0.6 is 11.3 Å². The molecular formula is C20H19N3O2S. The molecule has 2 heterocycles. The van der Waals surface area contributed by atoms with Gasteiger partial charge in [-0.2, -0.15) is 0 Å². The SMILES string of the molecule is O=C(CN1CCCCC1=O)Nc1cccc(-c2nc3ccccc3s2)c1. The topological polar surface area (TPSA) is 62.3 Å². The van der Waals surface area contributed by atoms with Crippen molar-refractivity contribution < 1.29 is 9.59 Å². The minimum atomic E-state index is -0.165. The summed E-state index contributed by atoms with van der Waals surface area (Å²) < 4.78 is 1.14. The van der Waals surface area contributed by atoms with E-state index in [2.05, 4.69) is 16.4 Å². The maximum atomic E-state index is 12.3. The number of carbonyl (C=O) groups excluding carboxylic acids is 2. The highest BCUT2D eigenvalue weighted by molar-refractivity contribution is 7.21. The van der Waals surface area contributed by atoms with Crippen LogP contribution in [0.25, 0.3) is 20.8 Å². The summed E-state index contributed by atoms with van der Waals surface area (Å²) in [6.07, 6.45) is 2.42. The molecule has 0 radical (unpaired) electrons. The fourth-order valence-corrected chi connectivity index (χ4v) is 4.09. The van der Waals surface area contributed by atoms with Crippen molar-refractivity contribution in [2.45, 2.75) is 19.3 Å². The monoisotopic (exact) mass is 365 g/mol. The van der Waals surface area contributed by atoms with E-state index in [-0.39, 0.29) is 18.4 Å². The molecule has 0 spiro atoms. The number of thiazole rings is 1. The standard InChI is InChI=1S/C20H19N3O2S/c24-18(13-23-11-4-3-10-19(23)25)21-15-7-5-6-14(12-15)20-22-16-8-1-2-9-17(16)26-20/h1-2,5-9,12H,3-4,10-11,13H2,(H,21,24).